The third-order valence-electron chi connectivity index (χ3n) is 5.21. The number of ether oxygens (including phenoxy) is 1. The summed E-state index contributed by atoms with van der Waals surface area (Å²) in [7, 11) is 1.52. The van der Waals surface area contributed by atoms with Crippen molar-refractivity contribution in [3.63, 3.8) is 0 Å². The number of hydrogen-bond donors (Lipinski definition) is 3. The number of anilines is 2. The van der Waals surface area contributed by atoms with Gasteiger partial charge in [-0.15, -0.1) is 0 Å². The smallest absolute Gasteiger partial charge is 0.261 e. The zero-order valence-electron chi connectivity index (χ0n) is 16.0. The van der Waals surface area contributed by atoms with Crippen LogP contribution in [0.25, 0.3) is 33.3 Å². The normalized spacial score (nSPS) is 14.6. The van der Waals surface area contributed by atoms with Crippen molar-refractivity contribution in [1.82, 2.24) is 15.0 Å². The number of fused-ring (bicyclic) bond motifs is 2. The number of aromatic amines is 2. The minimum absolute atomic E-state index is 0.241. The van der Waals surface area contributed by atoms with Crippen LogP contribution in [0.3, 0.4) is 0 Å². The molecule has 29 heavy (non-hydrogen) atoms. The monoisotopic (exact) mass is 391 g/mol. The zero-order chi connectivity index (χ0) is 19.8. The first-order valence-corrected chi connectivity index (χ1v) is 9.52. The number of nitrogens with one attached hydrogen (secondary N) is 3. The molecule has 0 amide bonds. The summed E-state index contributed by atoms with van der Waals surface area (Å²) in [5.41, 5.74) is 7.10. The Morgan fingerprint density at radius 2 is 1.86 bits per heavy atom. The molecule has 1 aliphatic rings. The van der Waals surface area contributed by atoms with Gasteiger partial charge < -0.3 is 19.6 Å². The van der Waals surface area contributed by atoms with Crippen LogP contribution in [0, 0.1) is 0 Å². The lowest BCUT2D eigenvalue weighted by atomic mass is 10.1. The number of nitrogens with zero attached hydrogens (tertiary/aromatic N) is 2. The molecule has 8 heteroatoms. The summed E-state index contributed by atoms with van der Waals surface area (Å²) >= 11 is 0. The van der Waals surface area contributed by atoms with E-state index in [4.69, 9.17) is 14.6 Å². The number of para-hydroxylation sites is 2. The summed E-state index contributed by atoms with van der Waals surface area (Å²) in [6.07, 6.45) is 0. The van der Waals surface area contributed by atoms with Crippen LogP contribution in [0.4, 0.5) is 11.4 Å². The summed E-state index contributed by atoms with van der Waals surface area (Å²) in [4.78, 5) is 31.5. The number of hydrogen-bond acceptors (Lipinski definition) is 6. The van der Waals surface area contributed by atoms with Crippen molar-refractivity contribution in [2.24, 2.45) is 0 Å². The topological polar surface area (TPSA) is 95.3 Å². The van der Waals surface area contributed by atoms with Gasteiger partial charge in [0, 0.05) is 18.5 Å². The number of pyridine rings is 1. The van der Waals surface area contributed by atoms with E-state index in [1.807, 2.05) is 36.4 Å². The Labute approximate surface area is 166 Å². The molecule has 4 aromatic rings. The molecule has 3 heterocycles. The molecule has 2 aromatic heterocycles. The van der Waals surface area contributed by atoms with Gasteiger partial charge in [-0.2, -0.15) is 0 Å². The largest absolute Gasteiger partial charge is 0.378 e. The molecule has 1 saturated heterocycles. The van der Waals surface area contributed by atoms with E-state index in [-0.39, 0.29) is 5.56 Å². The minimum atomic E-state index is -0.241. The van der Waals surface area contributed by atoms with Crippen molar-refractivity contribution in [3.8, 4) is 11.4 Å². The molecule has 1 aliphatic heterocycles. The Bertz CT molecular complexity index is 1240. The van der Waals surface area contributed by atoms with Crippen molar-refractivity contribution in [3.05, 3.63) is 52.8 Å². The maximum Gasteiger partial charge on any atom is 0.261 e. The van der Waals surface area contributed by atoms with Crippen LogP contribution in [0.5, 0.6) is 0 Å². The molecule has 148 valence electrons. The highest BCUT2D eigenvalue weighted by atomic mass is 16.6. The Balaban J connectivity index is 1.72. The fraction of sp³-hybridized carbons (Fsp3) is 0.238. The molecular weight excluding hydrogens is 370 g/mol. The van der Waals surface area contributed by atoms with Crippen LogP contribution in [0.1, 0.15) is 0 Å². The Morgan fingerprint density at radius 3 is 2.69 bits per heavy atom. The third-order valence-corrected chi connectivity index (χ3v) is 5.21. The van der Waals surface area contributed by atoms with E-state index in [1.165, 1.54) is 7.11 Å². The molecule has 0 aliphatic carbocycles. The van der Waals surface area contributed by atoms with Crippen LogP contribution in [0.15, 0.2) is 47.3 Å². The molecule has 0 bridgehead atoms. The number of H-pyrrole nitrogens is 2. The lowest BCUT2D eigenvalue weighted by Gasteiger charge is -2.28. The molecule has 0 atom stereocenters. The van der Waals surface area contributed by atoms with Crippen molar-refractivity contribution in [2.75, 3.05) is 43.8 Å². The van der Waals surface area contributed by atoms with Gasteiger partial charge in [-0.3, -0.25) is 15.1 Å². The maximum atomic E-state index is 13.0. The number of rotatable bonds is 4. The summed E-state index contributed by atoms with van der Waals surface area (Å²) < 4.78 is 5.47. The third kappa shape index (κ3) is 3.02. The van der Waals surface area contributed by atoms with Crippen molar-refractivity contribution >= 4 is 33.3 Å². The second-order valence-corrected chi connectivity index (χ2v) is 6.91. The van der Waals surface area contributed by atoms with E-state index in [2.05, 4.69) is 26.4 Å². The van der Waals surface area contributed by atoms with Gasteiger partial charge in [-0.05, 0) is 18.2 Å². The number of morpholine rings is 1. The van der Waals surface area contributed by atoms with Gasteiger partial charge in [-0.1, -0.05) is 24.3 Å². The molecule has 3 N–H and O–H groups in total. The van der Waals surface area contributed by atoms with Crippen LogP contribution in [-0.4, -0.2) is 48.4 Å². The predicted molar refractivity (Wildman–Crippen MR) is 113 cm³/mol. The van der Waals surface area contributed by atoms with E-state index in [0.29, 0.717) is 30.3 Å². The predicted octanol–water partition coefficient (Wildman–Crippen LogP) is 2.88. The summed E-state index contributed by atoms with van der Waals surface area (Å²) in [5, 5.41) is 0.845. The molecule has 0 saturated carbocycles. The van der Waals surface area contributed by atoms with Gasteiger partial charge in [0.05, 0.1) is 42.7 Å². The van der Waals surface area contributed by atoms with Gasteiger partial charge in [0.25, 0.3) is 5.56 Å². The summed E-state index contributed by atoms with van der Waals surface area (Å²) in [6.45, 7) is 3.02. The van der Waals surface area contributed by atoms with E-state index in [0.717, 1.165) is 40.7 Å². The highest BCUT2D eigenvalue weighted by Crippen LogP contribution is 2.33. The number of imidazole rings is 1. The highest BCUT2D eigenvalue weighted by Gasteiger charge is 2.21. The number of benzene rings is 2. The molecule has 5 rings (SSSR count). The Morgan fingerprint density at radius 1 is 1.07 bits per heavy atom. The van der Waals surface area contributed by atoms with Crippen LogP contribution in [-0.2, 0) is 9.57 Å². The second-order valence-electron chi connectivity index (χ2n) is 6.91. The highest BCUT2D eigenvalue weighted by molar-refractivity contribution is 5.99. The lowest BCUT2D eigenvalue weighted by Crippen LogP contribution is -2.36. The Kier molecular flexibility index (Phi) is 4.42. The van der Waals surface area contributed by atoms with E-state index in [1.54, 1.807) is 0 Å². The molecule has 0 radical (unpaired) electrons. The van der Waals surface area contributed by atoms with Gasteiger partial charge in [0.1, 0.15) is 16.9 Å². The second kappa shape index (κ2) is 7.23. The standard InChI is InChI=1S/C21H21N5O3/c1-28-25-18-13-5-2-3-6-14(13)23-21(27)17(18)20-22-15-7-4-8-16(19(15)24-20)26-9-11-29-12-10-26/h2-8H,9-12H2,1H3,(H,22,24)(H2,23,25,27). The van der Waals surface area contributed by atoms with Crippen molar-refractivity contribution < 1.29 is 9.57 Å². The van der Waals surface area contributed by atoms with E-state index >= 15 is 0 Å². The van der Waals surface area contributed by atoms with E-state index in [9.17, 15) is 4.79 Å². The molecule has 8 nitrogen and oxygen atoms in total. The van der Waals surface area contributed by atoms with Crippen LogP contribution < -0.4 is 15.9 Å². The summed E-state index contributed by atoms with van der Waals surface area (Å²) in [6, 6.07) is 13.6. The van der Waals surface area contributed by atoms with Gasteiger partial charge in [0.15, 0.2) is 0 Å². The van der Waals surface area contributed by atoms with E-state index < -0.39 is 0 Å². The first-order valence-electron chi connectivity index (χ1n) is 9.52. The van der Waals surface area contributed by atoms with Crippen LogP contribution >= 0.6 is 0 Å². The molecule has 2 aromatic carbocycles. The quantitative estimate of drug-likeness (QED) is 0.463. The molecular formula is C21H21N5O3. The molecule has 1 fully saturated rings. The minimum Gasteiger partial charge on any atom is -0.378 e. The van der Waals surface area contributed by atoms with Gasteiger partial charge in [0.2, 0.25) is 0 Å². The zero-order valence-corrected chi connectivity index (χ0v) is 16.0. The molecule has 0 spiro atoms. The molecule has 0 unspecified atom stereocenters. The van der Waals surface area contributed by atoms with Gasteiger partial charge in [-0.25, -0.2) is 4.98 Å². The fourth-order valence-electron chi connectivity index (χ4n) is 3.87. The SMILES string of the molecule is CONc1c(-c2nc3c(N4CCOCC4)cccc3[nH]2)c(=O)[nH]c2ccccc12. The first-order chi connectivity index (χ1) is 14.3. The maximum absolute atomic E-state index is 13.0. The summed E-state index contributed by atoms with van der Waals surface area (Å²) in [5.74, 6) is 0.493. The average Bonchev–Trinajstić information content (AvgIpc) is 3.18. The fourth-order valence-corrected chi connectivity index (χ4v) is 3.87. The van der Waals surface area contributed by atoms with Gasteiger partial charge >= 0.3 is 0 Å². The van der Waals surface area contributed by atoms with Crippen LogP contribution in [0.2, 0.25) is 0 Å². The average molecular weight is 391 g/mol. The van der Waals surface area contributed by atoms with Crippen molar-refractivity contribution in [2.45, 2.75) is 0 Å². The lowest BCUT2D eigenvalue weighted by molar-refractivity contribution is 0.123. The Hall–Kier alpha value is -3.36. The number of aromatic nitrogens is 3. The first kappa shape index (κ1) is 17.7. The van der Waals surface area contributed by atoms with Crippen molar-refractivity contribution in [1.29, 1.82) is 0 Å².